The van der Waals surface area contributed by atoms with Crippen molar-refractivity contribution in [3.8, 4) is 0 Å². The zero-order valence-electron chi connectivity index (χ0n) is 11.2. The molecular weight excluding hydrogens is 272 g/mol. The minimum atomic E-state index is -2.59. The first-order chi connectivity index (χ1) is 8.99. The van der Waals surface area contributed by atoms with Gasteiger partial charge in [0.25, 0.3) is 12.3 Å². The molecule has 1 aromatic rings. The van der Waals surface area contributed by atoms with E-state index in [1.165, 1.54) is 11.3 Å². The summed E-state index contributed by atoms with van der Waals surface area (Å²) in [5, 5.41) is 8.85. The summed E-state index contributed by atoms with van der Waals surface area (Å²) in [5.41, 5.74) is 1.09. The van der Waals surface area contributed by atoms with Crippen molar-refractivity contribution >= 4 is 17.2 Å². The van der Waals surface area contributed by atoms with E-state index in [0.29, 0.717) is 4.88 Å². The predicted octanol–water partition coefficient (Wildman–Crippen LogP) is 2.71. The third-order valence-electron chi connectivity index (χ3n) is 2.77. The Morgan fingerprint density at radius 2 is 2.21 bits per heavy atom. The summed E-state index contributed by atoms with van der Waals surface area (Å²) < 4.78 is 24.8. The second-order valence-electron chi connectivity index (χ2n) is 4.31. The molecule has 0 saturated carbocycles. The number of aliphatic hydroxyl groups is 1. The highest BCUT2D eigenvalue weighted by molar-refractivity contribution is 7.14. The Morgan fingerprint density at radius 1 is 1.53 bits per heavy atom. The van der Waals surface area contributed by atoms with Crippen LogP contribution >= 0.6 is 11.3 Å². The third kappa shape index (κ3) is 4.54. The summed E-state index contributed by atoms with van der Waals surface area (Å²) in [6, 6.07) is 1.78. The average Bonchev–Trinajstić information content (AvgIpc) is 2.69. The lowest BCUT2D eigenvalue weighted by molar-refractivity contribution is 0.0513. The second kappa shape index (κ2) is 7.55. The third-order valence-corrected chi connectivity index (χ3v) is 3.85. The molecule has 3 nitrogen and oxygen atoms in total. The molecule has 0 atom stereocenters. The molecule has 108 valence electrons. The number of carbonyl (C=O) groups is 1. The van der Waals surface area contributed by atoms with Crippen molar-refractivity contribution < 1.29 is 18.7 Å². The zero-order valence-corrected chi connectivity index (χ0v) is 12.0. The quantitative estimate of drug-likeness (QED) is 0.839. The Bertz CT molecular complexity index is 421. The number of thiophene rings is 1. The molecule has 0 aliphatic rings. The summed E-state index contributed by atoms with van der Waals surface area (Å²) in [6.07, 6.45) is -0.737. The fraction of sp³-hybridized carbons (Fsp3) is 0.615. The van der Waals surface area contributed by atoms with E-state index in [2.05, 4.69) is 0 Å². The molecule has 0 aromatic carbocycles. The molecule has 0 spiro atoms. The molecule has 0 aliphatic carbocycles. The smallest absolute Gasteiger partial charge is 0.264 e. The van der Waals surface area contributed by atoms with Gasteiger partial charge in [0.05, 0.1) is 18.0 Å². The number of aryl methyl sites for hydroxylation is 2. The number of amides is 1. The standard InChI is InChI=1S/C13H19F2NO2S/c1-3-4-10-7-11(19-9(10)2)13(18)16(5-6-17)8-12(14)15/h7,12,17H,3-6,8H2,1-2H3. The van der Waals surface area contributed by atoms with Crippen molar-refractivity contribution in [1.29, 1.82) is 0 Å². The van der Waals surface area contributed by atoms with E-state index in [4.69, 9.17) is 5.11 Å². The monoisotopic (exact) mass is 291 g/mol. The van der Waals surface area contributed by atoms with Gasteiger partial charge in [0, 0.05) is 11.4 Å². The van der Waals surface area contributed by atoms with Gasteiger partial charge < -0.3 is 10.0 Å². The number of rotatable bonds is 7. The number of hydrogen-bond donors (Lipinski definition) is 1. The van der Waals surface area contributed by atoms with Crippen molar-refractivity contribution in [1.82, 2.24) is 4.90 Å². The Morgan fingerprint density at radius 3 is 2.74 bits per heavy atom. The van der Waals surface area contributed by atoms with Gasteiger partial charge in [0.1, 0.15) is 0 Å². The molecule has 1 heterocycles. The fourth-order valence-electron chi connectivity index (χ4n) is 1.86. The minimum Gasteiger partial charge on any atom is -0.395 e. The number of carbonyl (C=O) groups excluding carboxylic acids is 1. The van der Waals surface area contributed by atoms with E-state index in [1.807, 2.05) is 13.8 Å². The van der Waals surface area contributed by atoms with Crippen molar-refractivity contribution in [2.24, 2.45) is 0 Å². The molecule has 0 bridgehead atoms. The van der Waals surface area contributed by atoms with Crippen LogP contribution in [0.25, 0.3) is 0 Å². The number of aliphatic hydroxyl groups excluding tert-OH is 1. The number of halogens is 2. The average molecular weight is 291 g/mol. The lowest BCUT2D eigenvalue weighted by atomic mass is 10.1. The van der Waals surface area contributed by atoms with Crippen molar-refractivity contribution in [2.45, 2.75) is 33.1 Å². The number of alkyl halides is 2. The molecular formula is C13H19F2NO2S. The summed E-state index contributed by atoms with van der Waals surface area (Å²) in [4.78, 5) is 14.7. The maximum absolute atomic E-state index is 12.4. The molecule has 0 aliphatic heterocycles. The highest BCUT2D eigenvalue weighted by Crippen LogP contribution is 2.24. The molecule has 0 fully saturated rings. The van der Waals surface area contributed by atoms with E-state index >= 15 is 0 Å². The van der Waals surface area contributed by atoms with Gasteiger partial charge in [-0.2, -0.15) is 0 Å². The lowest BCUT2D eigenvalue weighted by Gasteiger charge is -2.20. The number of nitrogens with zero attached hydrogens (tertiary/aromatic N) is 1. The van der Waals surface area contributed by atoms with Gasteiger partial charge in [0.2, 0.25) is 0 Å². The van der Waals surface area contributed by atoms with Crippen LogP contribution in [0.15, 0.2) is 6.07 Å². The maximum atomic E-state index is 12.4. The Balaban J connectivity index is 2.86. The summed E-state index contributed by atoms with van der Waals surface area (Å²) in [6.45, 7) is 2.96. The highest BCUT2D eigenvalue weighted by Gasteiger charge is 2.21. The number of hydrogen-bond acceptors (Lipinski definition) is 3. The van der Waals surface area contributed by atoms with Crippen LogP contribution in [0.1, 0.15) is 33.5 Å². The van der Waals surface area contributed by atoms with E-state index in [1.54, 1.807) is 6.07 Å². The van der Waals surface area contributed by atoms with Crippen molar-refractivity contribution in [2.75, 3.05) is 19.7 Å². The fourth-order valence-corrected chi connectivity index (χ4v) is 2.90. The van der Waals surface area contributed by atoms with Crippen LogP contribution in [0.2, 0.25) is 0 Å². The van der Waals surface area contributed by atoms with Gasteiger partial charge >= 0.3 is 0 Å². The van der Waals surface area contributed by atoms with E-state index < -0.39 is 18.9 Å². The molecule has 0 unspecified atom stereocenters. The SMILES string of the molecule is CCCc1cc(C(=O)N(CCO)CC(F)F)sc1C. The van der Waals surface area contributed by atoms with E-state index in [-0.39, 0.29) is 13.2 Å². The molecule has 0 saturated heterocycles. The van der Waals surface area contributed by atoms with Crippen LogP contribution in [0.4, 0.5) is 8.78 Å². The lowest BCUT2D eigenvalue weighted by Crippen LogP contribution is -2.36. The molecule has 1 N–H and O–H groups in total. The molecule has 1 amide bonds. The molecule has 0 radical (unpaired) electrons. The normalized spacial score (nSPS) is 11.1. The first-order valence-corrected chi connectivity index (χ1v) is 7.08. The van der Waals surface area contributed by atoms with Crippen LogP contribution in [0, 0.1) is 6.92 Å². The summed E-state index contributed by atoms with van der Waals surface area (Å²) in [7, 11) is 0. The van der Waals surface area contributed by atoms with Gasteiger partial charge in [-0.15, -0.1) is 11.3 Å². The first kappa shape index (κ1) is 16.0. The second-order valence-corrected chi connectivity index (χ2v) is 5.56. The molecule has 1 aromatic heterocycles. The Kier molecular flexibility index (Phi) is 6.37. The van der Waals surface area contributed by atoms with Crippen LogP contribution in [0.5, 0.6) is 0 Å². The summed E-state index contributed by atoms with van der Waals surface area (Å²) >= 11 is 1.33. The molecule has 19 heavy (non-hydrogen) atoms. The van der Waals surface area contributed by atoms with Gasteiger partial charge in [-0.3, -0.25) is 4.79 Å². The van der Waals surface area contributed by atoms with E-state index in [9.17, 15) is 13.6 Å². The first-order valence-electron chi connectivity index (χ1n) is 6.27. The van der Waals surface area contributed by atoms with Crippen molar-refractivity contribution in [3.05, 3.63) is 21.4 Å². The van der Waals surface area contributed by atoms with Gasteiger partial charge in [-0.25, -0.2) is 8.78 Å². The largest absolute Gasteiger partial charge is 0.395 e. The maximum Gasteiger partial charge on any atom is 0.264 e. The molecule has 6 heteroatoms. The topological polar surface area (TPSA) is 40.5 Å². The molecule has 1 rings (SSSR count). The van der Waals surface area contributed by atoms with Crippen molar-refractivity contribution in [3.63, 3.8) is 0 Å². The predicted molar refractivity (Wildman–Crippen MR) is 72.0 cm³/mol. The van der Waals surface area contributed by atoms with Crippen LogP contribution in [-0.2, 0) is 6.42 Å². The van der Waals surface area contributed by atoms with Crippen LogP contribution < -0.4 is 0 Å². The van der Waals surface area contributed by atoms with E-state index in [0.717, 1.165) is 28.2 Å². The van der Waals surface area contributed by atoms with Crippen LogP contribution in [0.3, 0.4) is 0 Å². The van der Waals surface area contributed by atoms with Crippen LogP contribution in [-0.4, -0.2) is 42.0 Å². The van der Waals surface area contributed by atoms with Gasteiger partial charge in [-0.05, 0) is 25.0 Å². The Labute approximate surface area is 115 Å². The Hall–Kier alpha value is -1.01. The van der Waals surface area contributed by atoms with Gasteiger partial charge in [0.15, 0.2) is 0 Å². The zero-order chi connectivity index (χ0) is 14.4. The van der Waals surface area contributed by atoms with Gasteiger partial charge in [-0.1, -0.05) is 13.3 Å². The highest BCUT2D eigenvalue weighted by atomic mass is 32.1. The summed E-state index contributed by atoms with van der Waals surface area (Å²) in [5.74, 6) is -0.426. The minimum absolute atomic E-state index is 0.0662.